The molecule has 1 N–H and O–H groups in total. The first-order chi connectivity index (χ1) is 9.88. The van der Waals surface area contributed by atoms with Crippen molar-refractivity contribution in [3.63, 3.8) is 0 Å². The number of piperazine rings is 1. The van der Waals surface area contributed by atoms with Crippen molar-refractivity contribution in [3.8, 4) is 0 Å². The molecule has 1 atom stereocenters. The number of nitrogens with one attached hydrogen (secondary N) is 1. The van der Waals surface area contributed by atoms with Gasteiger partial charge in [-0.1, -0.05) is 0 Å². The molecule has 5 nitrogen and oxygen atoms in total. The van der Waals surface area contributed by atoms with Crippen molar-refractivity contribution in [1.82, 2.24) is 15.2 Å². The Morgan fingerprint density at radius 2 is 2.19 bits per heavy atom. The van der Waals surface area contributed by atoms with E-state index in [-0.39, 0.29) is 12.5 Å². The molecule has 8 heteroatoms. The zero-order chi connectivity index (χ0) is 15.2. The summed E-state index contributed by atoms with van der Waals surface area (Å²) in [5.41, 5.74) is -0.347. The van der Waals surface area contributed by atoms with Gasteiger partial charge in [-0.25, -0.2) is 4.98 Å². The van der Waals surface area contributed by atoms with Crippen LogP contribution in [-0.4, -0.2) is 48.5 Å². The summed E-state index contributed by atoms with van der Waals surface area (Å²) in [5.74, 6) is 0.376. The fourth-order valence-electron chi connectivity index (χ4n) is 2.80. The van der Waals surface area contributed by atoms with E-state index in [0.717, 1.165) is 12.3 Å². The minimum Gasteiger partial charge on any atom is -0.342 e. The predicted octanol–water partition coefficient (Wildman–Crippen LogP) is 0.851. The molecule has 3 rings (SSSR count). The molecule has 0 bridgehead atoms. The second-order valence-corrected chi connectivity index (χ2v) is 5.31. The lowest BCUT2D eigenvalue weighted by Gasteiger charge is -2.35. The number of carbonyl (C=O) groups excluding carboxylic acids is 1. The number of rotatable bonds is 0. The molecule has 2 aliphatic rings. The first-order valence-corrected chi connectivity index (χ1v) is 6.66. The highest BCUT2D eigenvalue weighted by molar-refractivity contribution is 5.87. The van der Waals surface area contributed by atoms with Gasteiger partial charge in [0.25, 0.3) is 0 Å². The summed E-state index contributed by atoms with van der Waals surface area (Å²) in [6.45, 7) is 1.84. The summed E-state index contributed by atoms with van der Waals surface area (Å²) in [7, 11) is 1.60. The molecule has 2 aliphatic heterocycles. The van der Waals surface area contributed by atoms with Gasteiger partial charge in [0, 0.05) is 45.0 Å². The summed E-state index contributed by atoms with van der Waals surface area (Å²) < 4.78 is 38.5. The van der Waals surface area contributed by atoms with E-state index in [1.165, 1.54) is 4.90 Å². The smallest absolute Gasteiger partial charge is 0.342 e. The molecule has 0 aromatic carbocycles. The SMILES string of the molecule is CN1Cc2cc(C(F)(F)F)cnc2N2CCNC[C@@H]2C1=O. The topological polar surface area (TPSA) is 48.5 Å². The van der Waals surface area contributed by atoms with Crippen LogP contribution in [0.15, 0.2) is 12.3 Å². The molecule has 0 spiro atoms. The van der Waals surface area contributed by atoms with Crippen molar-refractivity contribution in [2.45, 2.75) is 18.8 Å². The Kier molecular flexibility index (Phi) is 3.27. The quantitative estimate of drug-likeness (QED) is 0.772. The van der Waals surface area contributed by atoms with E-state index in [2.05, 4.69) is 10.3 Å². The zero-order valence-electron chi connectivity index (χ0n) is 11.4. The largest absolute Gasteiger partial charge is 0.417 e. The maximum atomic E-state index is 12.8. The Bertz CT molecular complexity index is 575. The van der Waals surface area contributed by atoms with Crippen LogP contribution in [0.5, 0.6) is 0 Å². The van der Waals surface area contributed by atoms with Gasteiger partial charge in [-0.05, 0) is 6.07 Å². The number of likely N-dealkylation sites (N-methyl/N-ethyl adjacent to an activating group) is 1. The molecule has 1 aromatic rings. The van der Waals surface area contributed by atoms with Crippen LogP contribution in [0.4, 0.5) is 19.0 Å². The summed E-state index contributed by atoms with van der Waals surface area (Å²) in [5, 5.41) is 3.13. The van der Waals surface area contributed by atoms with Gasteiger partial charge in [0.05, 0.1) is 5.56 Å². The van der Waals surface area contributed by atoms with Gasteiger partial charge < -0.3 is 15.1 Å². The van der Waals surface area contributed by atoms with Crippen LogP contribution in [0, 0.1) is 0 Å². The van der Waals surface area contributed by atoms with Crippen LogP contribution in [0.2, 0.25) is 0 Å². The van der Waals surface area contributed by atoms with Crippen LogP contribution in [0.1, 0.15) is 11.1 Å². The minimum absolute atomic E-state index is 0.103. The number of fused-ring (bicyclic) bond motifs is 3. The van der Waals surface area contributed by atoms with Crippen LogP contribution < -0.4 is 10.2 Å². The molecule has 1 amide bonds. The number of halogens is 3. The molecule has 21 heavy (non-hydrogen) atoms. The Morgan fingerprint density at radius 1 is 1.43 bits per heavy atom. The number of nitrogens with zero attached hydrogens (tertiary/aromatic N) is 3. The molecule has 1 aromatic heterocycles. The van der Waals surface area contributed by atoms with Crippen LogP contribution in [0.3, 0.4) is 0 Å². The Morgan fingerprint density at radius 3 is 2.90 bits per heavy atom. The minimum atomic E-state index is -4.43. The molecule has 0 saturated carbocycles. The van der Waals surface area contributed by atoms with Crippen molar-refractivity contribution in [2.75, 3.05) is 31.6 Å². The number of aromatic nitrogens is 1. The van der Waals surface area contributed by atoms with Gasteiger partial charge >= 0.3 is 6.18 Å². The molecular formula is C13H15F3N4O. The third-order valence-corrected chi connectivity index (χ3v) is 3.85. The number of carbonyl (C=O) groups is 1. The molecule has 1 fully saturated rings. The first-order valence-electron chi connectivity index (χ1n) is 6.66. The predicted molar refractivity (Wildman–Crippen MR) is 69.7 cm³/mol. The number of pyridine rings is 1. The van der Waals surface area contributed by atoms with E-state index in [0.29, 0.717) is 31.0 Å². The third-order valence-electron chi connectivity index (χ3n) is 3.85. The van der Waals surface area contributed by atoms with Gasteiger partial charge in [-0.2, -0.15) is 13.2 Å². The average Bonchev–Trinajstić information content (AvgIpc) is 2.55. The summed E-state index contributed by atoms with van der Waals surface area (Å²) in [4.78, 5) is 19.6. The molecule has 3 heterocycles. The summed E-state index contributed by atoms with van der Waals surface area (Å²) in [6, 6.07) is 0.686. The van der Waals surface area contributed by atoms with Gasteiger partial charge in [-0.3, -0.25) is 4.79 Å². The van der Waals surface area contributed by atoms with E-state index >= 15 is 0 Å². The van der Waals surface area contributed by atoms with Gasteiger partial charge in [0.2, 0.25) is 5.91 Å². The fourth-order valence-corrected chi connectivity index (χ4v) is 2.80. The van der Waals surface area contributed by atoms with E-state index < -0.39 is 17.8 Å². The van der Waals surface area contributed by atoms with E-state index in [1.54, 1.807) is 11.9 Å². The second kappa shape index (κ2) is 4.87. The van der Waals surface area contributed by atoms with Crippen molar-refractivity contribution in [2.24, 2.45) is 0 Å². The first kappa shape index (κ1) is 14.1. The number of amides is 1. The summed E-state index contributed by atoms with van der Waals surface area (Å²) >= 11 is 0. The van der Waals surface area contributed by atoms with Crippen molar-refractivity contribution in [1.29, 1.82) is 0 Å². The van der Waals surface area contributed by atoms with Crippen molar-refractivity contribution >= 4 is 11.7 Å². The van der Waals surface area contributed by atoms with Crippen LogP contribution >= 0.6 is 0 Å². The standard InChI is InChI=1S/C13H15F3N4O/c1-19-7-8-4-9(13(14,15)16)5-18-11(8)20-3-2-17-6-10(20)12(19)21/h4-5,10,17H,2-3,6-7H2,1H3/t10-/m1/s1. The van der Waals surface area contributed by atoms with E-state index in [9.17, 15) is 18.0 Å². The maximum absolute atomic E-state index is 12.8. The summed E-state index contributed by atoms with van der Waals surface area (Å²) in [6.07, 6.45) is -3.59. The lowest BCUT2D eigenvalue weighted by Crippen LogP contribution is -2.57. The molecule has 0 unspecified atom stereocenters. The average molecular weight is 300 g/mol. The fraction of sp³-hybridized carbons (Fsp3) is 0.538. The Hall–Kier alpha value is -1.83. The third kappa shape index (κ3) is 2.44. The molecule has 114 valence electrons. The van der Waals surface area contributed by atoms with E-state index in [1.807, 2.05) is 0 Å². The zero-order valence-corrected chi connectivity index (χ0v) is 11.4. The van der Waals surface area contributed by atoms with Crippen molar-refractivity contribution < 1.29 is 18.0 Å². The maximum Gasteiger partial charge on any atom is 0.417 e. The Labute approximate surface area is 119 Å². The highest BCUT2D eigenvalue weighted by Crippen LogP contribution is 2.33. The molecule has 0 aliphatic carbocycles. The molecular weight excluding hydrogens is 285 g/mol. The monoisotopic (exact) mass is 300 g/mol. The molecule has 1 saturated heterocycles. The second-order valence-electron chi connectivity index (χ2n) is 5.31. The lowest BCUT2D eigenvalue weighted by atomic mass is 10.1. The molecule has 0 radical (unpaired) electrons. The van der Waals surface area contributed by atoms with Gasteiger partial charge in [0.15, 0.2) is 0 Å². The number of hydrogen-bond donors (Lipinski definition) is 1. The highest BCUT2D eigenvalue weighted by Gasteiger charge is 2.38. The van der Waals surface area contributed by atoms with Crippen LogP contribution in [0.25, 0.3) is 0 Å². The lowest BCUT2D eigenvalue weighted by molar-refractivity contribution is -0.137. The van der Waals surface area contributed by atoms with Gasteiger partial charge in [0.1, 0.15) is 11.9 Å². The van der Waals surface area contributed by atoms with E-state index in [4.69, 9.17) is 0 Å². The number of hydrogen-bond acceptors (Lipinski definition) is 4. The van der Waals surface area contributed by atoms with Crippen LogP contribution in [-0.2, 0) is 17.5 Å². The van der Waals surface area contributed by atoms with Gasteiger partial charge in [-0.15, -0.1) is 0 Å². The normalized spacial score (nSPS) is 22.7. The number of alkyl halides is 3. The van der Waals surface area contributed by atoms with Crippen molar-refractivity contribution in [3.05, 3.63) is 23.4 Å². The number of anilines is 1. The Balaban J connectivity index is 2.07. The highest BCUT2D eigenvalue weighted by atomic mass is 19.4.